The van der Waals surface area contributed by atoms with Crippen LogP contribution in [-0.4, -0.2) is 54.3 Å². The third-order valence-electron chi connectivity index (χ3n) is 5.90. The zero-order chi connectivity index (χ0) is 18.3. The number of piperazine rings is 1. The van der Waals surface area contributed by atoms with Gasteiger partial charge >= 0.3 is 0 Å². The number of hydrogen-bond acceptors (Lipinski definition) is 4. The van der Waals surface area contributed by atoms with Gasteiger partial charge in [0.25, 0.3) is 0 Å². The van der Waals surface area contributed by atoms with Crippen LogP contribution in [0.15, 0.2) is 18.2 Å². The van der Waals surface area contributed by atoms with Gasteiger partial charge in [-0.2, -0.15) is 0 Å². The van der Waals surface area contributed by atoms with Crippen molar-refractivity contribution in [2.24, 2.45) is 0 Å². The lowest BCUT2D eigenvalue weighted by molar-refractivity contribution is -0.139. The standard InChI is InChI=1S/C19H24N4O3/c1-12-3-2-4-13-14(17(25)22-16(12)13)11-15(24)23-9-5-19(6-10-23)18(26)20-7-8-21-19/h2-4,14,21H,5-11H2,1H3,(H,20,26)(H,22,25)/t14-/m1/s1. The van der Waals surface area contributed by atoms with Gasteiger partial charge in [-0.05, 0) is 30.9 Å². The number of rotatable bonds is 2. The summed E-state index contributed by atoms with van der Waals surface area (Å²) in [5, 5.41) is 9.14. The molecule has 26 heavy (non-hydrogen) atoms. The van der Waals surface area contributed by atoms with Crippen molar-refractivity contribution in [1.82, 2.24) is 15.5 Å². The van der Waals surface area contributed by atoms with Crippen LogP contribution in [0.4, 0.5) is 5.69 Å². The van der Waals surface area contributed by atoms with Gasteiger partial charge in [0.15, 0.2) is 0 Å². The number of fused-ring (bicyclic) bond motifs is 1. The van der Waals surface area contributed by atoms with Crippen LogP contribution in [0.3, 0.4) is 0 Å². The van der Waals surface area contributed by atoms with E-state index in [1.165, 1.54) is 0 Å². The predicted octanol–water partition coefficient (Wildman–Crippen LogP) is 0.501. The Kier molecular flexibility index (Phi) is 4.19. The monoisotopic (exact) mass is 356 g/mol. The molecule has 1 spiro atoms. The van der Waals surface area contributed by atoms with E-state index < -0.39 is 11.5 Å². The number of carbonyl (C=O) groups excluding carboxylic acids is 3. The fourth-order valence-corrected chi connectivity index (χ4v) is 4.28. The molecule has 3 aliphatic rings. The second-order valence-corrected chi connectivity index (χ2v) is 7.43. The molecule has 0 radical (unpaired) electrons. The summed E-state index contributed by atoms with van der Waals surface area (Å²) in [6, 6.07) is 5.79. The highest BCUT2D eigenvalue weighted by Crippen LogP contribution is 2.37. The van der Waals surface area contributed by atoms with E-state index in [9.17, 15) is 14.4 Å². The van der Waals surface area contributed by atoms with Crippen LogP contribution >= 0.6 is 0 Å². The van der Waals surface area contributed by atoms with Crippen LogP contribution in [-0.2, 0) is 14.4 Å². The molecule has 7 nitrogen and oxygen atoms in total. The van der Waals surface area contributed by atoms with Gasteiger partial charge in [0, 0.05) is 38.3 Å². The minimum atomic E-state index is -0.538. The zero-order valence-corrected chi connectivity index (χ0v) is 14.9. The van der Waals surface area contributed by atoms with Gasteiger partial charge < -0.3 is 20.9 Å². The highest BCUT2D eigenvalue weighted by atomic mass is 16.2. The van der Waals surface area contributed by atoms with Crippen LogP contribution in [0.25, 0.3) is 0 Å². The minimum Gasteiger partial charge on any atom is -0.353 e. The number of piperidine rings is 1. The van der Waals surface area contributed by atoms with E-state index in [0.29, 0.717) is 32.5 Å². The van der Waals surface area contributed by atoms with Crippen LogP contribution in [0.5, 0.6) is 0 Å². The molecule has 3 amide bonds. The average molecular weight is 356 g/mol. The first-order valence-electron chi connectivity index (χ1n) is 9.22. The molecule has 3 N–H and O–H groups in total. The van der Waals surface area contributed by atoms with Crippen molar-refractivity contribution in [3.05, 3.63) is 29.3 Å². The largest absolute Gasteiger partial charge is 0.353 e. The van der Waals surface area contributed by atoms with Crippen molar-refractivity contribution in [2.75, 3.05) is 31.5 Å². The number of nitrogens with one attached hydrogen (secondary N) is 3. The quantitative estimate of drug-likeness (QED) is 0.720. The van der Waals surface area contributed by atoms with E-state index in [1.54, 1.807) is 4.90 Å². The van der Waals surface area contributed by atoms with E-state index in [-0.39, 0.29) is 24.1 Å². The van der Waals surface area contributed by atoms with E-state index >= 15 is 0 Å². The molecule has 1 aromatic rings. The Morgan fingerprint density at radius 3 is 2.73 bits per heavy atom. The number of carbonyl (C=O) groups is 3. The summed E-state index contributed by atoms with van der Waals surface area (Å²) >= 11 is 0. The Bertz CT molecular complexity index is 768. The lowest BCUT2D eigenvalue weighted by Crippen LogP contribution is -2.66. The van der Waals surface area contributed by atoms with Crippen molar-refractivity contribution in [3.8, 4) is 0 Å². The summed E-state index contributed by atoms with van der Waals surface area (Å²) < 4.78 is 0. The molecule has 1 aromatic carbocycles. The maximum absolute atomic E-state index is 12.8. The van der Waals surface area contributed by atoms with Gasteiger partial charge in [-0.25, -0.2) is 0 Å². The van der Waals surface area contributed by atoms with Gasteiger partial charge in [0.05, 0.1) is 5.92 Å². The topological polar surface area (TPSA) is 90.5 Å². The second kappa shape index (κ2) is 6.39. The number of anilines is 1. The first-order valence-corrected chi connectivity index (χ1v) is 9.22. The lowest BCUT2D eigenvalue weighted by atomic mass is 9.84. The maximum atomic E-state index is 12.8. The SMILES string of the molecule is Cc1cccc2c1NC(=O)[C@@H]2CC(=O)N1CCC2(CC1)NCCNC2=O. The Hall–Kier alpha value is -2.41. The van der Waals surface area contributed by atoms with Crippen LogP contribution < -0.4 is 16.0 Å². The van der Waals surface area contributed by atoms with Crippen LogP contribution in [0.2, 0.25) is 0 Å². The molecule has 3 heterocycles. The molecule has 0 saturated carbocycles. The van der Waals surface area contributed by atoms with Gasteiger partial charge in [0.2, 0.25) is 17.7 Å². The summed E-state index contributed by atoms with van der Waals surface area (Å²) in [5.41, 5.74) is 2.23. The number of aryl methyl sites for hydroxylation is 1. The fraction of sp³-hybridized carbons (Fsp3) is 0.526. The normalized spacial score (nSPS) is 24.2. The number of hydrogen-bond donors (Lipinski definition) is 3. The summed E-state index contributed by atoms with van der Waals surface area (Å²) in [4.78, 5) is 39.1. The number of likely N-dealkylation sites (tertiary alicyclic amines) is 1. The molecule has 2 saturated heterocycles. The van der Waals surface area contributed by atoms with E-state index in [2.05, 4.69) is 16.0 Å². The maximum Gasteiger partial charge on any atom is 0.240 e. The Morgan fingerprint density at radius 1 is 1.23 bits per heavy atom. The highest BCUT2D eigenvalue weighted by Gasteiger charge is 2.44. The van der Waals surface area contributed by atoms with Crippen molar-refractivity contribution in [2.45, 2.75) is 37.6 Å². The first-order chi connectivity index (χ1) is 12.5. The van der Waals surface area contributed by atoms with Crippen molar-refractivity contribution < 1.29 is 14.4 Å². The van der Waals surface area contributed by atoms with Crippen LogP contribution in [0.1, 0.15) is 36.3 Å². The van der Waals surface area contributed by atoms with Crippen molar-refractivity contribution in [1.29, 1.82) is 0 Å². The molecule has 1 atom stereocenters. The molecule has 0 unspecified atom stereocenters. The average Bonchev–Trinajstić information content (AvgIpc) is 2.96. The number of amides is 3. The molecule has 0 aliphatic carbocycles. The van der Waals surface area contributed by atoms with E-state index in [4.69, 9.17) is 0 Å². The summed E-state index contributed by atoms with van der Waals surface area (Å²) in [7, 11) is 0. The molecule has 7 heteroatoms. The highest BCUT2D eigenvalue weighted by molar-refractivity contribution is 6.05. The first kappa shape index (κ1) is 17.0. The molecular weight excluding hydrogens is 332 g/mol. The number of benzene rings is 1. The third-order valence-corrected chi connectivity index (χ3v) is 5.90. The molecular formula is C19H24N4O3. The fourth-order valence-electron chi connectivity index (χ4n) is 4.28. The second-order valence-electron chi connectivity index (χ2n) is 7.43. The van der Waals surface area contributed by atoms with Crippen molar-refractivity contribution in [3.63, 3.8) is 0 Å². The smallest absolute Gasteiger partial charge is 0.240 e. The molecule has 138 valence electrons. The van der Waals surface area contributed by atoms with E-state index in [0.717, 1.165) is 23.4 Å². The Labute approximate surface area is 152 Å². The predicted molar refractivity (Wildman–Crippen MR) is 96.7 cm³/mol. The van der Waals surface area contributed by atoms with Gasteiger partial charge in [-0.3, -0.25) is 14.4 Å². The molecule has 0 bridgehead atoms. The molecule has 0 aromatic heterocycles. The Balaban J connectivity index is 1.42. The molecule has 4 rings (SSSR count). The molecule has 2 fully saturated rings. The van der Waals surface area contributed by atoms with Crippen LogP contribution in [0, 0.1) is 6.92 Å². The third kappa shape index (κ3) is 2.76. The van der Waals surface area contributed by atoms with Gasteiger partial charge in [0.1, 0.15) is 5.54 Å². The minimum absolute atomic E-state index is 0.0226. The van der Waals surface area contributed by atoms with Crippen molar-refractivity contribution >= 4 is 23.4 Å². The lowest BCUT2D eigenvalue weighted by Gasteiger charge is -2.43. The summed E-state index contributed by atoms with van der Waals surface area (Å²) in [6.45, 7) is 4.44. The van der Waals surface area contributed by atoms with Gasteiger partial charge in [-0.1, -0.05) is 18.2 Å². The zero-order valence-electron chi connectivity index (χ0n) is 14.9. The number of nitrogens with zero attached hydrogens (tertiary/aromatic N) is 1. The Morgan fingerprint density at radius 2 is 2.00 bits per heavy atom. The van der Waals surface area contributed by atoms with E-state index in [1.807, 2.05) is 25.1 Å². The van der Waals surface area contributed by atoms with Gasteiger partial charge in [-0.15, -0.1) is 0 Å². The molecule has 3 aliphatic heterocycles. The summed E-state index contributed by atoms with van der Waals surface area (Å²) in [6.07, 6.45) is 1.39. The summed E-state index contributed by atoms with van der Waals surface area (Å²) in [5.74, 6) is -0.519. The number of para-hydroxylation sites is 1.